The molecule has 0 bridgehead atoms. The molecule has 4 heteroatoms. The molecule has 1 aliphatic carbocycles. The summed E-state index contributed by atoms with van der Waals surface area (Å²) in [6.07, 6.45) is 5.19. The lowest BCUT2D eigenvalue weighted by molar-refractivity contribution is -0.122. The molecule has 78 valence electrons. The molecule has 0 saturated heterocycles. The Balaban J connectivity index is 2.46. The number of halogens is 2. The van der Waals surface area contributed by atoms with Gasteiger partial charge >= 0.3 is 0 Å². The molecular weight excluding hydrogens is 176 g/mol. The van der Waals surface area contributed by atoms with Gasteiger partial charge in [-0.25, -0.2) is 14.7 Å². The van der Waals surface area contributed by atoms with Crippen molar-refractivity contribution in [2.75, 3.05) is 6.61 Å². The molecule has 0 heterocycles. The molecule has 0 aromatic heterocycles. The van der Waals surface area contributed by atoms with Gasteiger partial charge in [0.2, 0.25) is 0 Å². The predicted octanol–water partition coefficient (Wildman–Crippen LogP) is 2.48. The van der Waals surface area contributed by atoms with Crippen LogP contribution >= 0.6 is 0 Å². The zero-order valence-electron chi connectivity index (χ0n) is 7.77. The summed E-state index contributed by atoms with van der Waals surface area (Å²) in [4.78, 5) is 4.05. The molecule has 0 aliphatic heterocycles. The summed E-state index contributed by atoms with van der Waals surface area (Å²) in [5, 5.41) is 0. The van der Waals surface area contributed by atoms with Crippen LogP contribution in [0.4, 0.5) is 8.78 Å². The van der Waals surface area contributed by atoms with E-state index in [1.807, 2.05) is 0 Å². The Morgan fingerprint density at radius 1 is 1.15 bits per heavy atom. The highest BCUT2D eigenvalue weighted by atomic mass is 19.3. The summed E-state index contributed by atoms with van der Waals surface area (Å²) in [6, 6.07) is 0. The molecule has 2 nitrogen and oxygen atoms in total. The quantitative estimate of drug-likeness (QED) is 0.552. The molecule has 1 saturated carbocycles. The minimum atomic E-state index is -2.74. The fourth-order valence-electron chi connectivity index (χ4n) is 1.93. The van der Waals surface area contributed by atoms with Crippen molar-refractivity contribution in [2.24, 2.45) is 11.8 Å². The second kappa shape index (κ2) is 4.86. The first-order valence-electron chi connectivity index (χ1n) is 4.86. The van der Waals surface area contributed by atoms with E-state index >= 15 is 0 Å². The topological polar surface area (TPSA) is 35.2 Å². The Morgan fingerprint density at radius 3 is 2.15 bits per heavy atom. The fraction of sp³-hybridized carbons (Fsp3) is 1.00. The molecule has 1 rings (SSSR count). The van der Waals surface area contributed by atoms with E-state index < -0.39 is 18.4 Å². The van der Waals surface area contributed by atoms with Crippen molar-refractivity contribution in [2.45, 2.75) is 44.4 Å². The zero-order valence-corrected chi connectivity index (χ0v) is 7.77. The van der Waals surface area contributed by atoms with E-state index in [4.69, 9.17) is 0 Å². The fourth-order valence-corrected chi connectivity index (χ4v) is 1.93. The van der Waals surface area contributed by atoms with Crippen molar-refractivity contribution in [3.63, 3.8) is 0 Å². The van der Waals surface area contributed by atoms with Gasteiger partial charge in [0, 0.05) is 5.92 Å². The van der Waals surface area contributed by atoms with E-state index in [-0.39, 0.29) is 0 Å². The van der Waals surface area contributed by atoms with Gasteiger partial charge in [-0.05, 0) is 12.8 Å². The molecule has 2 N–H and O–H groups in total. The van der Waals surface area contributed by atoms with E-state index in [0.717, 1.165) is 25.7 Å². The van der Waals surface area contributed by atoms with Crippen molar-refractivity contribution in [3.8, 4) is 0 Å². The third kappa shape index (κ3) is 3.19. The maximum atomic E-state index is 13.3. The lowest BCUT2D eigenvalue weighted by Gasteiger charge is -2.24. The van der Waals surface area contributed by atoms with Gasteiger partial charge in [0.1, 0.15) is 6.61 Å². The van der Waals surface area contributed by atoms with Crippen LogP contribution < -0.4 is 5.90 Å². The molecule has 0 spiro atoms. The SMILES string of the molecule is NOCC(F)(F)C1CCCCCC1. The molecule has 1 aliphatic rings. The lowest BCUT2D eigenvalue weighted by atomic mass is 9.93. The number of nitrogens with two attached hydrogens (primary N) is 1. The van der Waals surface area contributed by atoms with Crippen LogP contribution in [0.1, 0.15) is 38.5 Å². The minimum absolute atomic E-state index is 0.529. The first-order valence-corrected chi connectivity index (χ1v) is 4.86. The summed E-state index contributed by atoms with van der Waals surface area (Å²) in [5.74, 6) is 1.41. The van der Waals surface area contributed by atoms with Crippen LogP contribution in [0.25, 0.3) is 0 Å². The Morgan fingerprint density at radius 2 is 1.69 bits per heavy atom. The van der Waals surface area contributed by atoms with Crippen molar-refractivity contribution in [1.82, 2.24) is 0 Å². The average molecular weight is 193 g/mol. The van der Waals surface area contributed by atoms with Crippen LogP contribution in [0.5, 0.6) is 0 Å². The third-order valence-corrected chi connectivity index (χ3v) is 2.73. The maximum Gasteiger partial charge on any atom is 0.275 e. The van der Waals surface area contributed by atoms with Crippen LogP contribution in [0.15, 0.2) is 0 Å². The molecule has 1 fully saturated rings. The highest BCUT2D eigenvalue weighted by Gasteiger charge is 2.39. The van der Waals surface area contributed by atoms with Crippen LogP contribution in [0.3, 0.4) is 0 Å². The lowest BCUT2D eigenvalue weighted by Crippen LogP contribution is -2.34. The Kier molecular flexibility index (Phi) is 4.06. The monoisotopic (exact) mass is 193 g/mol. The number of rotatable bonds is 3. The van der Waals surface area contributed by atoms with Crippen molar-refractivity contribution in [1.29, 1.82) is 0 Å². The molecule has 0 radical (unpaired) electrons. The van der Waals surface area contributed by atoms with Crippen molar-refractivity contribution in [3.05, 3.63) is 0 Å². The molecule has 0 amide bonds. The van der Waals surface area contributed by atoms with Gasteiger partial charge in [0.05, 0.1) is 0 Å². The van der Waals surface area contributed by atoms with Gasteiger partial charge in [-0.3, -0.25) is 4.84 Å². The van der Waals surface area contributed by atoms with Gasteiger partial charge in [-0.1, -0.05) is 25.7 Å². The second-order valence-corrected chi connectivity index (χ2v) is 3.76. The Labute approximate surface area is 77.4 Å². The Bertz CT molecular complexity index is 145. The minimum Gasteiger partial charge on any atom is -0.298 e. The highest BCUT2D eigenvalue weighted by molar-refractivity contribution is 4.78. The maximum absolute atomic E-state index is 13.3. The third-order valence-electron chi connectivity index (χ3n) is 2.73. The summed E-state index contributed by atoms with van der Waals surface area (Å²) in [5.41, 5.74) is 0. The van der Waals surface area contributed by atoms with E-state index in [1.54, 1.807) is 0 Å². The van der Waals surface area contributed by atoms with Crippen LogP contribution in [0.2, 0.25) is 0 Å². The van der Waals surface area contributed by atoms with E-state index in [0.29, 0.717) is 12.8 Å². The largest absolute Gasteiger partial charge is 0.298 e. The molecule has 0 aromatic rings. The highest BCUT2D eigenvalue weighted by Crippen LogP contribution is 2.35. The van der Waals surface area contributed by atoms with Crippen molar-refractivity contribution >= 4 is 0 Å². The van der Waals surface area contributed by atoms with Crippen LogP contribution in [0, 0.1) is 5.92 Å². The summed E-state index contributed by atoms with van der Waals surface area (Å²) in [7, 11) is 0. The van der Waals surface area contributed by atoms with Gasteiger partial charge in [-0.2, -0.15) is 0 Å². The average Bonchev–Trinajstić information content (AvgIpc) is 2.31. The smallest absolute Gasteiger partial charge is 0.275 e. The zero-order chi connectivity index (χ0) is 9.73. The first kappa shape index (κ1) is 10.9. The van der Waals surface area contributed by atoms with Gasteiger partial charge < -0.3 is 0 Å². The summed E-state index contributed by atoms with van der Waals surface area (Å²) < 4.78 is 26.6. The molecule has 0 aromatic carbocycles. The molecule has 13 heavy (non-hydrogen) atoms. The number of hydrogen-bond donors (Lipinski definition) is 1. The van der Waals surface area contributed by atoms with Gasteiger partial charge in [-0.15, -0.1) is 0 Å². The molecule has 0 unspecified atom stereocenters. The summed E-state index contributed by atoms with van der Waals surface area (Å²) in [6.45, 7) is -0.641. The van der Waals surface area contributed by atoms with Crippen LogP contribution in [-0.2, 0) is 4.84 Å². The van der Waals surface area contributed by atoms with Gasteiger partial charge in [0.25, 0.3) is 5.92 Å². The number of hydrogen-bond acceptors (Lipinski definition) is 2. The van der Waals surface area contributed by atoms with Gasteiger partial charge in [0.15, 0.2) is 0 Å². The van der Waals surface area contributed by atoms with E-state index in [1.165, 1.54) is 0 Å². The molecular formula is C9H17F2NO. The predicted molar refractivity (Wildman–Crippen MR) is 46.3 cm³/mol. The molecule has 0 atom stereocenters. The normalized spacial score (nSPS) is 21.5. The summed E-state index contributed by atoms with van der Waals surface area (Å²) >= 11 is 0. The van der Waals surface area contributed by atoms with E-state index in [2.05, 4.69) is 10.7 Å². The second-order valence-electron chi connectivity index (χ2n) is 3.76. The first-order chi connectivity index (χ1) is 6.17. The van der Waals surface area contributed by atoms with E-state index in [9.17, 15) is 8.78 Å². The van der Waals surface area contributed by atoms with Crippen molar-refractivity contribution < 1.29 is 13.6 Å². The van der Waals surface area contributed by atoms with Crippen LogP contribution in [-0.4, -0.2) is 12.5 Å². The standard InChI is InChI=1S/C9H17F2NO/c10-9(11,7-13-12)8-5-3-1-2-4-6-8/h8H,1-7,12H2. The number of alkyl halides is 2. The Hall–Kier alpha value is -0.220.